The van der Waals surface area contributed by atoms with E-state index in [1.165, 1.54) is 5.69 Å². The Morgan fingerprint density at radius 1 is 1.41 bits per heavy atom. The van der Waals surface area contributed by atoms with Gasteiger partial charge in [0.05, 0.1) is 17.5 Å². The van der Waals surface area contributed by atoms with Gasteiger partial charge in [0.1, 0.15) is 0 Å². The predicted octanol–water partition coefficient (Wildman–Crippen LogP) is 2.02. The van der Waals surface area contributed by atoms with Gasteiger partial charge in [0.25, 0.3) is 0 Å². The highest BCUT2D eigenvalue weighted by Crippen LogP contribution is 2.01. The fourth-order valence-electron chi connectivity index (χ4n) is 1.72. The van der Waals surface area contributed by atoms with Crippen LogP contribution in [0.25, 0.3) is 0 Å². The van der Waals surface area contributed by atoms with Crippen molar-refractivity contribution in [2.45, 2.75) is 46.3 Å². The van der Waals surface area contributed by atoms with E-state index in [2.05, 4.69) is 30.3 Å². The van der Waals surface area contributed by atoms with Crippen LogP contribution < -0.4 is 5.32 Å². The average Bonchev–Trinajstić information content (AvgIpc) is 2.55. The maximum Gasteiger partial charge on any atom is 0.0597 e. The summed E-state index contributed by atoms with van der Waals surface area (Å²) < 4.78 is 7.42. The molecule has 0 radical (unpaired) electrons. The minimum Gasteiger partial charge on any atom is -0.379 e. The van der Waals surface area contributed by atoms with Crippen molar-refractivity contribution in [3.05, 3.63) is 17.5 Å². The van der Waals surface area contributed by atoms with Crippen LogP contribution in [0.4, 0.5) is 0 Å². The number of hydrogen-bond donors (Lipinski definition) is 1. The molecule has 0 aliphatic heterocycles. The molecular formula is C13H25N3O. The standard InChI is InChI=1S/C13H25N3O/c1-11(2)17-8-6-5-7-14-10-13-9-12(3)15-16(13)4/h9,11,14H,5-8,10H2,1-4H3. The van der Waals surface area contributed by atoms with Crippen molar-refractivity contribution < 1.29 is 4.74 Å². The van der Waals surface area contributed by atoms with Crippen LogP contribution in [0.5, 0.6) is 0 Å². The molecule has 1 aromatic heterocycles. The van der Waals surface area contributed by atoms with E-state index in [1.54, 1.807) is 0 Å². The Kier molecular flexibility index (Phi) is 6.22. The molecule has 0 amide bonds. The molecule has 1 N–H and O–H groups in total. The number of hydrogen-bond acceptors (Lipinski definition) is 3. The van der Waals surface area contributed by atoms with Crippen molar-refractivity contribution in [2.24, 2.45) is 7.05 Å². The molecule has 4 heteroatoms. The molecule has 0 fully saturated rings. The number of aromatic nitrogens is 2. The lowest BCUT2D eigenvalue weighted by Crippen LogP contribution is -2.17. The van der Waals surface area contributed by atoms with Crippen molar-refractivity contribution in [3.8, 4) is 0 Å². The Hall–Kier alpha value is -0.870. The number of rotatable bonds is 8. The number of unbranched alkanes of at least 4 members (excludes halogenated alkanes) is 1. The van der Waals surface area contributed by atoms with E-state index < -0.39 is 0 Å². The minimum absolute atomic E-state index is 0.348. The molecule has 0 aromatic carbocycles. The van der Waals surface area contributed by atoms with Crippen LogP contribution in [0.2, 0.25) is 0 Å². The SMILES string of the molecule is Cc1cc(CNCCCCOC(C)C)n(C)n1. The molecule has 0 aliphatic rings. The second-order valence-electron chi connectivity index (χ2n) is 4.70. The summed E-state index contributed by atoms with van der Waals surface area (Å²) in [7, 11) is 1.99. The van der Waals surface area contributed by atoms with E-state index in [4.69, 9.17) is 4.74 Å². The summed E-state index contributed by atoms with van der Waals surface area (Å²) in [5, 5.41) is 7.74. The summed E-state index contributed by atoms with van der Waals surface area (Å²) >= 11 is 0. The van der Waals surface area contributed by atoms with Gasteiger partial charge < -0.3 is 10.1 Å². The molecule has 1 aromatic rings. The first-order valence-corrected chi connectivity index (χ1v) is 6.41. The zero-order chi connectivity index (χ0) is 12.7. The van der Waals surface area contributed by atoms with Gasteiger partial charge in [-0.3, -0.25) is 4.68 Å². The molecule has 0 unspecified atom stereocenters. The summed E-state index contributed by atoms with van der Waals surface area (Å²) in [6.07, 6.45) is 2.62. The lowest BCUT2D eigenvalue weighted by molar-refractivity contribution is 0.0760. The zero-order valence-corrected chi connectivity index (χ0v) is 11.5. The molecule has 0 saturated carbocycles. The van der Waals surface area contributed by atoms with E-state index >= 15 is 0 Å². The summed E-state index contributed by atoms with van der Waals surface area (Å²) in [5.41, 5.74) is 2.32. The van der Waals surface area contributed by atoms with E-state index in [0.717, 1.165) is 38.2 Å². The Balaban J connectivity index is 2.03. The first-order chi connectivity index (χ1) is 8.09. The molecule has 98 valence electrons. The summed E-state index contributed by atoms with van der Waals surface area (Å²) in [5.74, 6) is 0. The second-order valence-corrected chi connectivity index (χ2v) is 4.70. The third kappa shape index (κ3) is 5.84. The Bertz CT molecular complexity index is 320. The molecule has 0 bridgehead atoms. The van der Waals surface area contributed by atoms with Crippen LogP contribution in [-0.2, 0) is 18.3 Å². The molecule has 0 saturated heterocycles. The molecule has 0 atom stereocenters. The van der Waals surface area contributed by atoms with Crippen LogP contribution in [0.1, 0.15) is 38.1 Å². The highest BCUT2D eigenvalue weighted by Gasteiger charge is 2.00. The topological polar surface area (TPSA) is 39.1 Å². The van der Waals surface area contributed by atoms with Crippen LogP contribution in [-0.4, -0.2) is 29.0 Å². The van der Waals surface area contributed by atoms with Gasteiger partial charge in [0.15, 0.2) is 0 Å². The predicted molar refractivity (Wildman–Crippen MR) is 70.0 cm³/mol. The number of nitrogens with one attached hydrogen (secondary N) is 1. The fraction of sp³-hybridized carbons (Fsp3) is 0.769. The Morgan fingerprint density at radius 2 is 2.18 bits per heavy atom. The minimum atomic E-state index is 0.348. The lowest BCUT2D eigenvalue weighted by Gasteiger charge is -2.08. The van der Waals surface area contributed by atoms with Gasteiger partial charge in [-0.1, -0.05) is 0 Å². The van der Waals surface area contributed by atoms with Crippen molar-refractivity contribution in [1.82, 2.24) is 15.1 Å². The smallest absolute Gasteiger partial charge is 0.0597 e. The van der Waals surface area contributed by atoms with E-state index in [0.29, 0.717) is 6.10 Å². The largest absolute Gasteiger partial charge is 0.379 e. The summed E-state index contributed by atoms with van der Waals surface area (Å²) in [6.45, 7) is 8.96. The first-order valence-electron chi connectivity index (χ1n) is 6.41. The Labute approximate surface area is 104 Å². The fourth-order valence-corrected chi connectivity index (χ4v) is 1.72. The molecule has 1 heterocycles. The first kappa shape index (κ1) is 14.2. The maximum absolute atomic E-state index is 5.49. The zero-order valence-electron chi connectivity index (χ0n) is 11.5. The van der Waals surface area contributed by atoms with Gasteiger partial charge in [-0.2, -0.15) is 5.10 Å². The quantitative estimate of drug-likeness (QED) is 0.705. The Morgan fingerprint density at radius 3 is 2.76 bits per heavy atom. The van der Waals surface area contributed by atoms with E-state index in [1.807, 2.05) is 18.7 Å². The van der Waals surface area contributed by atoms with Gasteiger partial charge >= 0.3 is 0 Å². The van der Waals surface area contributed by atoms with Crippen LogP contribution >= 0.6 is 0 Å². The van der Waals surface area contributed by atoms with Crippen LogP contribution in [0.3, 0.4) is 0 Å². The lowest BCUT2D eigenvalue weighted by atomic mass is 10.3. The van der Waals surface area contributed by atoms with Gasteiger partial charge in [0, 0.05) is 20.2 Å². The van der Waals surface area contributed by atoms with Gasteiger partial charge in [0.2, 0.25) is 0 Å². The maximum atomic E-state index is 5.49. The van der Waals surface area contributed by atoms with Gasteiger partial charge in [-0.15, -0.1) is 0 Å². The molecule has 0 aliphatic carbocycles. The van der Waals surface area contributed by atoms with Crippen molar-refractivity contribution in [1.29, 1.82) is 0 Å². The van der Waals surface area contributed by atoms with E-state index in [9.17, 15) is 0 Å². The monoisotopic (exact) mass is 239 g/mol. The summed E-state index contributed by atoms with van der Waals surface area (Å²) in [6, 6.07) is 2.12. The van der Waals surface area contributed by atoms with Gasteiger partial charge in [-0.25, -0.2) is 0 Å². The number of nitrogens with zero attached hydrogens (tertiary/aromatic N) is 2. The summed E-state index contributed by atoms with van der Waals surface area (Å²) in [4.78, 5) is 0. The third-order valence-corrected chi connectivity index (χ3v) is 2.60. The normalized spacial score (nSPS) is 11.4. The second kappa shape index (κ2) is 7.45. The molecule has 1 rings (SSSR count). The highest BCUT2D eigenvalue weighted by atomic mass is 16.5. The molecule has 17 heavy (non-hydrogen) atoms. The van der Waals surface area contributed by atoms with Crippen LogP contribution in [0, 0.1) is 6.92 Å². The number of ether oxygens (including phenoxy) is 1. The average molecular weight is 239 g/mol. The third-order valence-electron chi connectivity index (χ3n) is 2.60. The van der Waals surface area contributed by atoms with Crippen LogP contribution in [0.15, 0.2) is 6.07 Å². The molecule has 4 nitrogen and oxygen atoms in total. The highest BCUT2D eigenvalue weighted by molar-refractivity contribution is 5.08. The van der Waals surface area contributed by atoms with E-state index in [-0.39, 0.29) is 0 Å². The van der Waals surface area contributed by atoms with Crippen molar-refractivity contribution >= 4 is 0 Å². The molecule has 0 spiro atoms. The van der Waals surface area contributed by atoms with Gasteiger partial charge in [-0.05, 0) is 46.2 Å². The molecular weight excluding hydrogens is 214 g/mol. The van der Waals surface area contributed by atoms with Crippen molar-refractivity contribution in [3.63, 3.8) is 0 Å². The van der Waals surface area contributed by atoms with Crippen molar-refractivity contribution in [2.75, 3.05) is 13.2 Å². The number of aryl methyl sites for hydroxylation is 2.